The number of amides is 1. The van der Waals surface area contributed by atoms with Gasteiger partial charge in [-0.2, -0.15) is 26.3 Å². The molecule has 0 saturated carbocycles. The van der Waals surface area contributed by atoms with E-state index in [1.165, 1.54) is 6.20 Å². The highest BCUT2D eigenvalue weighted by atomic mass is 19.4. The van der Waals surface area contributed by atoms with Crippen LogP contribution in [0.25, 0.3) is 0 Å². The van der Waals surface area contributed by atoms with E-state index in [0.717, 1.165) is 5.56 Å². The summed E-state index contributed by atoms with van der Waals surface area (Å²) in [5.41, 5.74) is -2.56. The molecule has 1 aliphatic heterocycles. The predicted octanol–water partition coefficient (Wildman–Crippen LogP) is 3.84. The van der Waals surface area contributed by atoms with Gasteiger partial charge < -0.3 is 4.90 Å². The Morgan fingerprint density at radius 3 is 2.48 bits per heavy atom. The van der Waals surface area contributed by atoms with Crippen LogP contribution in [-0.2, 0) is 11.2 Å². The number of alkyl halides is 6. The van der Waals surface area contributed by atoms with E-state index in [-0.39, 0.29) is 0 Å². The van der Waals surface area contributed by atoms with Crippen LogP contribution in [0.15, 0.2) is 18.3 Å². The van der Waals surface area contributed by atoms with E-state index in [4.69, 9.17) is 0 Å². The first-order valence-corrected chi connectivity index (χ1v) is 7.93. The Balaban J connectivity index is 1.86. The van der Waals surface area contributed by atoms with Crippen molar-refractivity contribution in [1.29, 1.82) is 0 Å². The number of hydrogen-bond acceptors (Lipinski definition) is 2. The summed E-state index contributed by atoms with van der Waals surface area (Å²) in [4.78, 5) is 17.5. The van der Waals surface area contributed by atoms with Gasteiger partial charge in [-0.25, -0.2) is 0 Å². The van der Waals surface area contributed by atoms with Gasteiger partial charge in [0.2, 0.25) is 5.91 Å². The average molecular weight is 366 g/mol. The molecule has 1 aromatic rings. The second-order valence-electron chi connectivity index (χ2n) is 6.58. The number of halogens is 6. The molecule has 1 fully saturated rings. The molecule has 0 unspecified atom stereocenters. The van der Waals surface area contributed by atoms with Crippen molar-refractivity contribution < 1.29 is 31.1 Å². The van der Waals surface area contributed by atoms with Crippen molar-refractivity contribution in [3.05, 3.63) is 29.6 Å². The number of pyridine rings is 1. The van der Waals surface area contributed by atoms with Crippen molar-refractivity contribution in [3.8, 4) is 0 Å². The van der Waals surface area contributed by atoms with E-state index in [1.54, 1.807) is 12.1 Å². The number of hydrogen-bond donors (Lipinski definition) is 0. The number of likely N-dealkylation sites (tertiary alicyclic amines) is 1. The predicted molar refractivity (Wildman–Crippen MR) is 75.7 cm³/mol. The number of carbonyl (C=O) groups excluding carboxylic acids is 1. The number of carbonyl (C=O) groups is 1. The van der Waals surface area contributed by atoms with Gasteiger partial charge >= 0.3 is 12.4 Å². The zero-order chi connectivity index (χ0) is 18.5. The topological polar surface area (TPSA) is 33.2 Å². The average Bonchev–Trinajstić information content (AvgIpc) is 3.00. The van der Waals surface area contributed by atoms with Gasteiger partial charge in [0.25, 0.3) is 0 Å². The molecule has 25 heavy (non-hydrogen) atoms. The number of aromatic nitrogens is 1. The van der Waals surface area contributed by atoms with Gasteiger partial charge in [0, 0.05) is 19.3 Å². The molecule has 1 saturated heterocycles. The van der Waals surface area contributed by atoms with E-state index >= 15 is 0 Å². The molecule has 2 heterocycles. The van der Waals surface area contributed by atoms with Crippen LogP contribution in [0.1, 0.15) is 36.4 Å². The van der Waals surface area contributed by atoms with E-state index in [9.17, 15) is 31.1 Å². The first-order chi connectivity index (χ1) is 11.6. The number of aryl methyl sites for hydroxylation is 1. The zero-order valence-electron chi connectivity index (χ0n) is 13.1. The maximum Gasteiger partial charge on any atom is 0.404 e. The molecule has 1 aromatic heterocycles. The Hall–Kier alpha value is -1.80. The SMILES string of the molecule is O=C([C@H]1CCCc2cccnc21)N1CCC(C(F)(F)F)(C(F)(F)F)C1. The minimum atomic E-state index is -5.46. The molecule has 9 heteroatoms. The van der Waals surface area contributed by atoms with Crippen molar-refractivity contribution in [2.24, 2.45) is 5.41 Å². The largest absolute Gasteiger partial charge is 0.404 e. The van der Waals surface area contributed by atoms with E-state index in [1.807, 2.05) is 0 Å². The van der Waals surface area contributed by atoms with Crippen molar-refractivity contribution in [2.75, 3.05) is 13.1 Å². The van der Waals surface area contributed by atoms with E-state index in [0.29, 0.717) is 29.9 Å². The van der Waals surface area contributed by atoms with Gasteiger partial charge in [-0.3, -0.25) is 9.78 Å². The second-order valence-corrected chi connectivity index (χ2v) is 6.58. The molecule has 1 atom stereocenters. The molecule has 0 bridgehead atoms. The van der Waals surface area contributed by atoms with Crippen LogP contribution in [0, 0.1) is 5.41 Å². The van der Waals surface area contributed by atoms with Gasteiger partial charge in [-0.15, -0.1) is 0 Å². The molecular weight excluding hydrogens is 350 g/mol. The van der Waals surface area contributed by atoms with Gasteiger partial charge in [0.1, 0.15) is 0 Å². The molecule has 0 spiro atoms. The van der Waals surface area contributed by atoms with Crippen molar-refractivity contribution in [2.45, 2.75) is 44.0 Å². The third kappa shape index (κ3) is 2.87. The quantitative estimate of drug-likeness (QED) is 0.708. The third-order valence-corrected chi connectivity index (χ3v) is 5.16. The van der Waals surface area contributed by atoms with Crippen LogP contribution in [-0.4, -0.2) is 41.2 Å². The number of rotatable bonds is 1. The van der Waals surface area contributed by atoms with E-state index < -0.39 is 49.1 Å². The molecule has 0 radical (unpaired) electrons. The van der Waals surface area contributed by atoms with E-state index in [2.05, 4.69) is 4.98 Å². The second kappa shape index (κ2) is 5.88. The summed E-state index contributed by atoms with van der Waals surface area (Å²) in [7, 11) is 0. The molecule has 1 aliphatic carbocycles. The van der Waals surface area contributed by atoms with Gasteiger partial charge in [-0.05, 0) is 37.3 Å². The van der Waals surface area contributed by atoms with Gasteiger partial charge in [-0.1, -0.05) is 6.07 Å². The molecule has 1 amide bonds. The minimum Gasteiger partial charge on any atom is -0.341 e. The minimum absolute atomic E-state index is 0.379. The fourth-order valence-electron chi connectivity index (χ4n) is 3.69. The Morgan fingerprint density at radius 2 is 1.88 bits per heavy atom. The highest BCUT2D eigenvalue weighted by Gasteiger charge is 2.73. The standard InChI is InChI=1S/C16H16F6N2O/c17-15(18,19)14(16(20,21)22)6-8-24(9-14)13(25)11-5-1-3-10-4-2-7-23-12(10)11/h2,4,7,11H,1,3,5-6,8-9H2/t11-/m0/s1. The summed E-state index contributed by atoms with van der Waals surface area (Å²) < 4.78 is 79.0. The molecule has 3 nitrogen and oxygen atoms in total. The number of fused-ring (bicyclic) bond motifs is 1. The summed E-state index contributed by atoms with van der Waals surface area (Å²) in [6, 6.07) is 3.47. The van der Waals surface area contributed by atoms with Crippen molar-refractivity contribution in [1.82, 2.24) is 9.88 Å². The van der Waals surface area contributed by atoms with Crippen molar-refractivity contribution >= 4 is 5.91 Å². The third-order valence-electron chi connectivity index (χ3n) is 5.16. The van der Waals surface area contributed by atoms with Crippen LogP contribution in [0.5, 0.6) is 0 Å². The van der Waals surface area contributed by atoms with Crippen LogP contribution in [0.3, 0.4) is 0 Å². The Bertz CT molecular complexity index is 655. The molecule has 2 aliphatic rings. The normalized spacial score (nSPS) is 23.4. The summed E-state index contributed by atoms with van der Waals surface area (Å²) >= 11 is 0. The molecular formula is C16H16F6N2O. The first-order valence-electron chi connectivity index (χ1n) is 7.93. The van der Waals surface area contributed by atoms with Crippen LogP contribution >= 0.6 is 0 Å². The van der Waals surface area contributed by atoms with Gasteiger partial charge in [0.15, 0.2) is 5.41 Å². The number of nitrogens with zero attached hydrogens (tertiary/aromatic N) is 2. The molecule has 138 valence electrons. The lowest BCUT2D eigenvalue weighted by Crippen LogP contribution is -2.52. The lowest BCUT2D eigenvalue weighted by atomic mass is 9.84. The molecule has 0 N–H and O–H groups in total. The molecule has 0 aromatic carbocycles. The van der Waals surface area contributed by atoms with Crippen molar-refractivity contribution in [3.63, 3.8) is 0 Å². The molecule has 3 rings (SSSR count). The maximum absolute atomic E-state index is 13.2. The summed E-state index contributed by atoms with van der Waals surface area (Å²) in [6.45, 7) is -1.94. The van der Waals surface area contributed by atoms with Crippen LogP contribution in [0.4, 0.5) is 26.3 Å². The zero-order valence-corrected chi connectivity index (χ0v) is 13.1. The summed E-state index contributed by atoms with van der Waals surface area (Å²) in [5.74, 6) is -1.47. The van der Waals surface area contributed by atoms with Crippen LogP contribution in [0.2, 0.25) is 0 Å². The smallest absolute Gasteiger partial charge is 0.341 e. The maximum atomic E-state index is 13.2. The fraction of sp³-hybridized carbons (Fsp3) is 0.625. The highest BCUT2D eigenvalue weighted by Crippen LogP contribution is 2.55. The highest BCUT2D eigenvalue weighted by molar-refractivity contribution is 5.84. The Morgan fingerprint density at radius 1 is 1.20 bits per heavy atom. The lowest BCUT2D eigenvalue weighted by Gasteiger charge is -2.34. The lowest BCUT2D eigenvalue weighted by molar-refractivity contribution is -0.334. The van der Waals surface area contributed by atoms with Gasteiger partial charge in [0.05, 0.1) is 11.6 Å². The van der Waals surface area contributed by atoms with Crippen LogP contribution < -0.4 is 0 Å². The Labute approximate surface area is 140 Å². The fourth-order valence-corrected chi connectivity index (χ4v) is 3.69. The first kappa shape index (κ1) is 18.0. The Kier molecular flexibility index (Phi) is 4.23. The summed E-state index contributed by atoms with van der Waals surface area (Å²) in [5, 5.41) is 0. The summed E-state index contributed by atoms with van der Waals surface area (Å²) in [6.07, 6.45) is -8.87. The monoisotopic (exact) mass is 366 g/mol.